The Morgan fingerprint density at radius 2 is 2.11 bits per heavy atom. The lowest BCUT2D eigenvalue weighted by Gasteiger charge is -2.05. The zero-order chi connectivity index (χ0) is 13.5. The highest BCUT2D eigenvalue weighted by Crippen LogP contribution is 2.10. The summed E-state index contributed by atoms with van der Waals surface area (Å²) in [4.78, 5) is 18.9. The fourth-order valence-corrected chi connectivity index (χ4v) is 2.03. The Hall–Kier alpha value is -1.62. The number of carbonyl (C=O) groups is 1. The van der Waals surface area contributed by atoms with Gasteiger partial charge in [-0.3, -0.25) is 4.79 Å². The number of nitrogens with zero attached hydrogens (tertiary/aromatic N) is 1. The third-order valence-corrected chi connectivity index (χ3v) is 3.27. The average molecular weight is 322 g/mol. The van der Waals surface area contributed by atoms with Crippen LogP contribution in [0.3, 0.4) is 0 Å². The van der Waals surface area contributed by atoms with Crippen molar-refractivity contribution in [2.45, 2.75) is 19.3 Å². The number of nitrogens with one attached hydrogen (secondary N) is 2. The van der Waals surface area contributed by atoms with Gasteiger partial charge >= 0.3 is 0 Å². The SMILES string of the molecule is O=C(Cc1ccc(Br)cc1)NCCCc1ncc[nH]1. The van der Waals surface area contributed by atoms with E-state index in [4.69, 9.17) is 0 Å². The van der Waals surface area contributed by atoms with E-state index in [1.54, 1.807) is 12.4 Å². The molecular weight excluding hydrogens is 306 g/mol. The van der Waals surface area contributed by atoms with Crippen LogP contribution >= 0.6 is 15.9 Å². The second-order valence-electron chi connectivity index (χ2n) is 4.29. The molecule has 0 atom stereocenters. The van der Waals surface area contributed by atoms with Gasteiger partial charge in [-0.05, 0) is 24.1 Å². The number of carbonyl (C=O) groups excluding carboxylic acids is 1. The van der Waals surface area contributed by atoms with Crippen LogP contribution in [0.4, 0.5) is 0 Å². The Balaban J connectivity index is 1.65. The van der Waals surface area contributed by atoms with E-state index < -0.39 is 0 Å². The van der Waals surface area contributed by atoms with Gasteiger partial charge in [0.1, 0.15) is 5.82 Å². The first-order valence-electron chi connectivity index (χ1n) is 6.23. The van der Waals surface area contributed by atoms with E-state index in [9.17, 15) is 4.79 Å². The highest BCUT2D eigenvalue weighted by molar-refractivity contribution is 9.10. The van der Waals surface area contributed by atoms with Gasteiger partial charge in [0.05, 0.1) is 6.42 Å². The lowest BCUT2D eigenvalue weighted by molar-refractivity contribution is -0.120. The van der Waals surface area contributed by atoms with Crippen LogP contribution in [-0.2, 0) is 17.6 Å². The van der Waals surface area contributed by atoms with Gasteiger partial charge in [-0.2, -0.15) is 0 Å². The maximum Gasteiger partial charge on any atom is 0.224 e. The number of rotatable bonds is 6. The summed E-state index contributed by atoms with van der Waals surface area (Å²) < 4.78 is 1.02. The van der Waals surface area contributed by atoms with Crippen molar-refractivity contribution in [1.82, 2.24) is 15.3 Å². The Labute approximate surface area is 120 Å². The predicted octanol–water partition coefficient (Wildman–Crippen LogP) is 2.46. The highest BCUT2D eigenvalue weighted by Gasteiger charge is 2.03. The monoisotopic (exact) mass is 321 g/mol. The van der Waals surface area contributed by atoms with Gasteiger partial charge < -0.3 is 10.3 Å². The van der Waals surface area contributed by atoms with Gasteiger partial charge in [0.2, 0.25) is 5.91 Å². The van der Waals surface area contributed by atoms with Crippen LogP contribution in [-0.4, -0.2) is 22.4 Å². The number of aromatic nitrogens is 2. The summed E-state index contributed by atoms with van der Waals surface area (Å²) in [5.41, 5.74) is 1.02. The first-order valence-corrected chi connectivity index (χ1v) is 7.03. The maximum absolute atomic E-state index is 11.7. The average Bonchev–Trinajstić information content (AvgIpc) is 2.91. The van der Waals surface area contributed by atoms with Gasteiger partial charge in [-0.1, -0.05) is 28.1 Å². The van der Waals surface area contributed by atoms with Crippen molar-refractivity contribution >= 4 is 21.8 Å². The molecule has 2 aromatic rings. The Morgan fingerprint density at radius 3 is 2.79 bits per heavy atom. The van der Waals surface area contributed by atoms with E-state index >= 15 is 0 Å². The van der Waals surface area contributed by atoms with Gasteiger partial charge in [-0.15, -0.1) is 0 Å². The van der Waals surface area contributed by atoms with Crippen molar-refractivity contribution in [3.63, 3.8) is 0 Å². The number of imidazole rings is 1. The normalized spacial score (nSPS) is 10.4. The van der Waals surface area contributed by atoms with E-state index in [1.165, 1.54) is 0 Å². The minimum Gasteiger partial charge on any atom is -0.356 e. The summed E-state index contributed by atoms with van der Waals surface area (Å²) in [6.45, 7) is 0.677. The number of benzene rings is 1. The molecule has 1 aromatic carbocycles. The largest absolute Gasteiger partial charge is 0.356 e. The molecule has 2 N–H and O–H groups in total. The van der Waals surface area contributed by atoms with Crippen LogP contribution in [0.15, 0.2) is 41.1 Å². The summed E-state index contributed by atoms with van der Waals surface area (Å²) in [6, 6.07) is 7.79. The number of aryl methyl sites for hydroxylation is 1. The molecule has 100 valence electrons. The Morgan fingerprint density at radius 1 is 1.32 bits per heavy atom. The van der Waals surface area contributed by atoms with Crippen molar-refractivity contribution in [2.75, 3.05) is 6.54 Å². The number of amides is 1. The van der Waals surface area contributed by atoms with E-state index in [1.807, 2.05) is 24.3 Å². The zero-order valence-corrected chi connectivity index (χ0v) is 12.1. The molecule has 0 saturated heterocycles. The van der Waals surface area contributed by atoms with Crippen molar-refractivity contribution < 1.29 is 4.79 Å². The molecule has 0 bridgehead atoms. The van der Waals surface area contributed by atoms with E-state index in [-0.39, 0.29) is 5.91 Å². The first-order chi connectivity index (χ1) is 9.24. The van der Waals surface area contributed by atoms with Crippen molar-refractivity contribution in [3.05, 3.63) is 52.5 Å². The molecule has 0 saturated carbocycles. The second kappa shape index (κ2) is 7.09. The molecule has 2 rings (SSSR count). The molecule has 1 aromatic heterocycles. The number of halogens is 1. The fourth-order valence-electron chi connectivity index (χ4n) is 1.77. The van der Waals surface area contributed by atoms with Crippen molar-refractivity contribution in [3.8, 4) is 0 Å². The van der Waals surface area contributed by atoms with Gasteiger partial charge in [0.15, 0.2) is 0 Å². The molecule has 0 spiro atoms. The van der Waals surface area contributed by atoms with Crippen LogP contribution in [0.25, 0.3) is 0 Å². The molecule has 0 fully saturated rings. The van der Waals surface area contributed by atoms with Gasteiger partial charge in [0.25, 0.3) is 0 Å². The number of hydrogen-bond donors (Lipinski definition) is 2. The topological polar surface area (TPSA) is 57.8 Å². The molecule has 1 heterocycles. The van der Waals surface area contributed by atoms with Crippen molar-refractivity contribution in [1.29, 1.82) is 0 Å². The third kappa shape index (κ3) is 4.87. The minimum atomic E-state index is 0.0572. The smallest absolute Gasteiger partial charge is 0.224 e. The molecular formula is C14H16BrN3O. The lowest BCUT2D eigenvalue weighted by atomic mass is 10.1. The second-order valence-corrected chi connectivity index (χ2v) is 5.21. The molecule has 1 amide bonds. The van der Waals surface area contributed by atoms with Gasteiger partial charge in [-0.25, -0.2) is 4.98 Å². The zero-order valence-electron chi connectivity index (χ0n) is 10.5. The standard InChI is InChI=1S/C14H16BrN3O/c15-12-5-3-11(4-6-12)10-14(19)18-7-1-2-13-16-8-9-17-13/h3-6,8-9H,1-2,7,10H2,(H,16,17)(H,18,19). The molecule has 0 aliphatic carbocycles. The molecule has 0 unspecified atom stereocenters. The number of hydrogen-bond acceptors (Lipinski definition) is 2. The first kappa shape index (κ1) is 13.8. The predicted molar refractivity (Wildman–Crippen MR) is 77.8 cm³/mol. The van der Waals surface area contributed by atoms with Crippen molar-refractivity contribution in [2.24, 2.45) is 0 Å². The molecule has 0 aliphatic heterocycles. The summed E-state index contributed by atoms with van der Waals surface area (Å²) >= 11 is 3.37. The Kier molecular flexibility index (Phi) is 5.15. The summed E-state index contributed by atoms with van der Waals surface area (Å²) in [7, 11) is 0. The molecule has 0 aliphatic rings. The van der Waals surface area contributed by atoms with Crippen LogP contribution in [0, 0.1) is 0 Å². The maximum atomic E-state index is 11.7. The van der Waals surface area contributed by atoms with E-state index in [0.29, 0.717) is 13.0 Å². The van der Waals surface area contributed by atoms with Gasteiger partial charge in [0, 0.05) is 29.8 Å². The van der Waals surface area contributed by atoms with Crippen LogP contribution in [0.5, 0.6) is 0 Å². The van der Waals surface area contributed by atoms with Crippen LogP contribution in [0.2, 0.25) is 0 Å². The summed E-state index contributed by atoms with van der Waals surface area (Å²) in [5, 5.41) is 2.92. The summed E-state index contributed by atoms with van der Waals surface area (Å²) in [6.07, 6.45) is 5.71. The van der Waals surface area contributed by atoms with E-state index in [2.05, 4.69) is 31.2 Å². The fraction of sp³-hybridized carbons (Fsp3) is 0.286. The number of aromatic amines is 1. The highest BCUT2D eigenvalue weighted by atomic mass is 79.9. The summed E-state index contributed by atoms with van der Waals surface area (Å²) in [5.74, 6) is 1.02. The molecule has 4 nitrogen and oxygen atoms in total. The van der Waals surface area contributed by atoms with Crippen LogP contribution in [0.1, 0.15) is 17.8 Å². The molecule has 0 radical (unpaired) electrons. The minimum absolute atomic E-state index is 0.0572. The molecule has 5 heteroatoms. The third-order valence-electron chi connectivity index (χ3n) is 2.75. The van der Waals surface area contributed by atoms with Crippen LogP contribution < -0.4 is 5.32 Å². The lowest BCUT2D eigenvalue weighted by Crippen LogP contribution is -2.26. The number of H-pyrrole nitrogens is 1. The quantitative estimate of drug-likeness (QED) is 0.803. The molecule has 19 heavy (non-hydrogen) atoms. The Bertz CT molecular complexity index is 508. The van der Waals surface area contributed by atoms with E-state index in [0.717, 1.165) is 28.7 Å².